The second-order valence-corrected chi connectivity index (χ2v) is 9.37. The standard InChI is InChI=1S/C20H29N3O6S/c1-28-11-8-22-15-17(14-19(22)24)20(25)21-7-6-16-2-4-18(5-3-16)30(26,27)23-9-12-29-13-10-23/h2-5,17H,6-15H2,1H3,(H,21,25). The van der Waals surface area contributed by atoms with Crippen LogP contribution in [0.3, 0.4) is 0 Å². The molecule has 10 heteroatoms. The molecule has 0 aromatic heterocycles. The maximum absolute atomic E-state index is 12.6. The Bertz CT molecular complexity index is 837. The molecule has 1 aromatic rings. The number of morpholine rings is 1. The summed E-state index contributed by atoms with van der Waals surface area (Å²) in [6, 6.07) is 6.74. The molecule has 2 aliphatic rings. The zero-order chi connectivity index (χ0) is 21.6. The first kappa shape index (κ1) is 22.7. The van der Waals surface area contributed by atoms with E-state index in [0.29, 0.717) is 59.0 Å². The van der Waals surface area contributed by atoms with Gasteiger partial charge in [0.05, 0.1) is 30.6 Å². The van der Waals surface area contributed by atoms with Crippen LogP contribution in [0, 0.1) is 5.92 Å². The van der Waals surface area contributed by atoms with Crippen molar-refractivity contribution in [1.29, 1.82) is 0 Å². The number of likely N-dealkylation sites (tertiary alicyclic amines) is 1. The van der Waals surface area contributed by atoms with E-state index in [1.54, 1.807) is 36.3 Å². The first-order valence-electron chi connectivity index (χ1n) is 10.1. The van der Waals surface area contributed by atoms with Crippen LogP contribution in [0.1, 0.15) is 12.0 Å². The van der Waals surface area contributed by atoms with Crippen LogP contribution in [0.25, 0.3) is 0 Å². The van der Waals surface area contributed by atoms with Crippen LogP contribution < -0.4 is 5.32 Å². The van der Waals surface area contributed by atoms with Crippen LogP contribution in [0.5, 0.6) is 0 Å². The predicted molar refractivity (Wildman–Crippen MR) is 109 cm³/mol. The fourth-order valence-corrected chi connectivity index (χ4v) is 5.01. The number of carbonyl (C=O) groups excluding carboxylic acids is 2. The highest BCUT2D eigenvalue weighted by molar-refractivity contribution is 7.89. The number of rotatable bonds is 9. The van der Waals surface area contributed by atoms with Gasteiger partial charge in [-0.05, 0) is 24.1 Å². The average Bonchev–Trinajstić information content (AvgIpc) is 3.14. The Kier molecular flexibility index (Phi) is 7.81. The van der Waals surface area contributed by atoms with Crippen molar-refractivity contribution in [2.24, 2.45) is 5.92 Å². The third-order valence-corrected chi connectivity index (χ3v) is 7.31. The topological polar surface area (TPSA) is 105 Å². The smallest absolute Gasteiger partial charge is 0.243 e. The van der Waals surface area contributed by atoms with Gasteiger partial charge in [0.1, 0.15) is 0 Å². The lowest BCUT2D eigenvalue weighted by Gasteiger charge is -2.26. The van der Waals surface area contributed by atoms with E-state index in [-0.39, 0.29) is 29.0 Å². The Morgan fingerprint density at radius 2 is 1.93 bits per heavy atom. The molecule has 0 aliphatic carbocycles. The van der Waals surface area contributed by atoms with Crippen LogP contribution >= 0.6 is 0 Å². The number of ether oxygens (including phenoxy) is 2. The molecule has 30 heavy (non-hydrogen) atoms. The minimum Gasteiger partial charge on any atom is -0.383 e. The Morgan fingerprint density at radius 1 is 1.23 bits per heavy atom. The lowest BCUT2D eigenvalue weighted by Crippen LogP contribution is -2.40. The van der Waals surface area contributed by atoms with Crippen molar-refractivity contribution in [3.63, 3.8) is 0 Å². The van der Waals surface area contributed by atoms with Gasteiger partial charge in [-0.1, -0.05) is 12.1 Å². The van der Waals surface area contributed by atoms with Gasteiger partial charge in [-0.3, -0.25) is 9.59 Å². The van der Waals surface area contributed by atoms with Crippen molar-refractivity contribution >= 4 is 21.8 Å². The summed E-state index contributed by atoms with van der Waals surface area (Å²) in [6.45, 7) is 3.35. The van der Waals surface area contributed by atoms with Crippen LogP contribution in [0.4, 0.5) is 0 Å². The number of sulfonamides is 1. The molecule has 2 saturated heterocycles. The number of nitrogens with one attached hydrogen (secondary N) is 1. The van der Waals surface area contributed by atoms with E-state index in [4.69, 9.17) is 9.47 Å². The quantitative estimate of drug-likeness (QED) is 0.574. The first-order chi connectivity index (χ1) is 14.4. The van der Waals surface area contributed by atoms with E-state index in [2.05, 4.69) is 5.32 Å². The summed E-state index contributed by atoms with van der Waals surface area (Å²) in [5, 5.41) is 2.88. The highest BCUT2D eigenvalue weighted by Crippen LogP contribution is 2.19. The number of carbonyl (C=O) groups is 2. The summed E-state index contributed by atoms with van der Waals surface area (Å²) in [5.41, 5.74) is 0.931. The van der Waals surface area contributed by atoms with Crippen molar-refractivity contribution in [2.45, 2.75) is 17.7 Å². The summed E-state index contributed by atoms with van der Waals surface area (Å²) < 4.78 is 36.9. The average molecular weight is 440 g/mol. The lowest BCUT2D eigenvalue weighted by molar-refractivity contribution is -0.129. The number of nitrogens with zero attached hydrogens (tertiary/aromatic N) is 2. The molecule has 166 valence electrons. The van der Waals surface area contributed by atoms with Crippen LogP contribution in [-0.4, -0.2) is 89.1 Å². The van der Waals surface area contributed by atoms with Crippen LogP contribution in [-0.2, 0) is 35.5 Å². The summed E-state index contributed by atoms with van der Waals surface area (Å²) >= 11 is 0. The molecule has 0 spiro atoms. The molecule has 1 N–H and O–H groups in total. The number of methoxy groups -OCH3 is 1. The van der Waals surface area contributed by atoms with Gasteiger partial charge in [0.2, 0.25) is 21.8 Å². The van der Waals surface area contributed by atoms with E-state index in [1.165, 1.54) is 4.31 Å². The van der Waals surface area contributed by atoms with Crippen molar-refractivity contribution in [1.82, 2.24) is 14.5 Å². The number of benzene rings is 1. The fraction of sp³-hybridized carbons (Fsp3) is 0.600. The maximum Gasteiger partial charge on any atom is 0.243 e. The van der Waals surface area contributed by atoms with Gasteiger partial charge in [-0.25, -0.2) is 8.42 Å². The van der Waals surface area contributed by atoms with Gasteiger partial charge in [0.25, 0.3) is 0 Å². The molecule has 2 amide bonds. The van der Waals surface area contributed by atoms with Crippen molar-refractivity contribution in [3.8, 4) is 0 Å². The van der Waals surface area contributed by atoms with E-state index in [1.807, 2.05) is 0 Å². The molecule has 1 unspecified atom stereocenters. The molecule has 1 atom stereocenters. The molecular weight excluding hydrogens is 410 g/mol. The van der Waals surface area contributed by atoms with Crippen molar-refractivity contribution in [2.75, 3.05) is 59.7 Å². The molecule has 0 radical (unpaired) electrons. The molecule has 2 heterocycles. The normalized spacial score (nSPS) is 20.5. The third-order valence-electron chi connectivity index (χ3n) is 5.39. The number of amides is 2. The highest BCUT2D eigenvalue weighted by Gasteiger charge is 2.33. The Balaban J connectivity index is 1.46. The SMILES string of the molecule is COCCN1CC(C(=O)NCCc2ccc(S(=O)(=O)N3CCOCC3)cc2)CC1=O. The molecular formula is C20H29N3O6S. The third kappa shape index (κ3) is 5.57. The minimum atomic E-state index is -3.50. The number of hydrogen-bond acceptors (Lipinski definition) is 6. The molecule has 0 bridgehead atoms. The minimum absolute atomic E-state index is 0.0238. The lowest BCUT2D eigenvalue weighted by atomic mass is 10.1. The Hall–Kier alpha value is -2.01. The zero-order valence-corrected chi connectivity index (χ0v) is 18.0. The summed E-state index contributed by atoms with van der Waals surface area (Å²) in [4.78, 5) is 26.2. The second-order valence-electron chi connectivity index (χ2n) is 7.44. The maximum atomic E-state index is 12.6. The zero-order valence-electron chi connectivity index (χ0n) is 17.2. The second kappa shape index (κ2) is 10.3. The molecule has 1 aromatic carbocycles. The number of hydrogen-bond donors (Lipinski definition) is 1. The fourth-order valence-electron chi connectivity index (χ4n) is 3.60. The monoisotopic (exact) mass is 439 g/mol. The largest absolute Gasteiger partial charge is 0.383 e. The van der Waals surface area contributed by atoms with E-state index in [9.17, 15) is 18.0 Å². The van der Waals surface area contributed by atoms with Crippen molar-refractivity contribution < 1.29 is 27.5 Å². The van der Waals surface area contributed by atoms with E-state index in [0.717, 1.165) is 5.56 Å². The van der Waals surface area contributed by atoms with Crippen LogP contribution in [0.2, 0.25) is 0 Å². The summed E-state index contributed by atoms with van der Waals surface area (Å²) in [7, 11) is -1.92. The van der Waals surface area contributed by atoms with E-state index < -0.39 is 10.0 Å². The Morgan fingerprint density at radius 3 is 2.60 bits per heavy atom. The molecule has 2 fully saturated rings. The van der Waals surface area contributed by atoms with Crippen LogP contribution in [0.15, 0.2) is 29.2 Å². The van der Waals surface area contributed by atoms with Gasteiger partial charge in [0, 0.05) is 46.3 Å². The highest BCUT2D eigenvalue weighted by atomic mass is 32.2. The Labute approximate surface area is 177 Å². The predicted octanol–water partition coefficient (Wildman–Crippen LogP) is -0.139. The van der Waals surface area contributed by atoms with Gasteiger partial charge >= 0.3 is 0 Å². The molecule has 2 aliphatic heterocycles. The van der Waals surface area contributed by atoms with Gasteiger partial charge in [-0.15, -0.1) is 0 Å². The van der Waals surface area contributed by atoms with Gasteiger partial charge in [-0.2, -0.15) is 4.31 Å². The van der Waals surface area contributed by atoms with Crippen molar-refractivity contribution in [3.05, 3.63) is 29.8 Å². The van der Waals surface area contributed by atoms with Gasteiger partial charge in [0.15, 0.2) is 0 Å². The van der Waals surface area contributed by atoms with Gasteiger partial charge < -0.3 is 19.7 Å². The molecule has 3 rings (SSSR count). The van der Waals surface area contributed by atoms with E-state index >= 15 is 0 Å². The first-order valence-corrected chi connectivity index (χ1v) is 11.6. The summed E-state index contributed by atoms with van der Waals surface area (Å²) in [6.07, 6.45) is 0.807. The molecule has 0 saturated carbocycles. The summed E-state index contributed by atoms with van der Waals surface area (Å²) in [5.74, 6) is -0.491. The molecule has 9 nitrogen and oxygen atoms in total.